The van der Waals surface area contributed by atoms with Crippen molar-refractivity contribution in [3.63, 3.8) is 0 Å². The van der Waals surface area contributed by atoms with Gasteiger partial charge in [0.05, 0.1) is 17.3 Å². The normalized spacial score (nSPS) is 15.8. The van der Waals surface area contributed by atoms with E-state index in [0.29, 0.717) is 23.7 Å². The molecule has 2 aromatic rings. The van der Waals surface area contributed by atoms with E-state index in [1.807, 2.05) is 61.5 Å². The van der Waals surface area contributed by atoms with Crippen molar-refractivity contribution >= 4 is 23.1 Å². The number of para-hydroxylation sites is 1. The highest BCUT2D eigenvalue weighted by Crippen LogP contribution is 2.43. The number of benzene rings is 2. The Morgan fingerprint density at radius 3 is 2.15 bits per heavy atom. The van der Waals surface area contributed by atoms with E-state index < -0.39 is 17.4 Å². The molecule has 0 spiro atoms. The van der Waals surface area contributed by atoms with Gasteiger partial charge in [0.15, 0.2) is 9.84 Å². The molecule has 0 aromatic heterocycles. The van der Waals surface area contributed by atoms with Gasteiger partial charge in [-0.1, -0.05) is 57.7 Å². The Kier molecular flexibility index (Phi) is 14.2. The second kappa shape index (κ2) is 16.5. The molecule has 1 aliphatic rings. The molecule has 9 heteroatoms. The Balaban J connectivity index is 0.000000305. The molecule has 0 amide bonds. The molecule has 0 aliphatic carbocycles. The lowest BCUT2D eigenvalue weighted by atomic mass is 9.75. The Morgan fingerprint density at radius 2 is 1.57 bits per heavy atom. The molecule has 7 nitrogen and oxygen atoms in total. The van der Waals surface area contributed by atoms with Gasteiger partial charge in [-0.05, 0) is 86.3 Å². The van der Waals surface area contributed by atoms with Crippen LogP contribution >= 0.6 is 7.60 Å². The number of hydrogen-bond donors (Lipinski definition) is 2. The molecule has 2 aromatic carbocycles. The van der Waals surface area contributed by atoms with Gasteiger partial charge in [0.1, 0.15) is 5.75 Å². The molecule has 0 radical (unpaired) electrons. The Morgan fingerprint density at radius 1 is 0.925 bits per heavy atom. The average Bonchev–Trinajstić information content (AvgIpc) is 3.02. The SMILES string of the molecule is CCCCC1(CCCC)CCc2cc(N(C)C)ccc2S(=O)(=O)C1.O=P(O)(O)CCCCCOc1ccccc1. The van der Waals surface area contributed by atoms with Gasteiger partial charge in [-0.15, -0.1) is 0 Å². The van der Waals surface area contributed by atoms with Crippen LogP contribution in [0.25, 0.3) is 0 Å². The summed E-state index contributed by atoms with van der Waals surface area (Å²) in [4.78, 5) is 19.9. The summed E-state index contributed by atoms with van der Waals surface area (Å²) < 4.78 is 42.2. The van der Waals surface area contributed by atoms with Gasteiger partial charge in [0.2, 0.25) is 0 Å². The topological polar surface area (TPSA) is 104 Å². The molecule has 0 bridgehead atoms. The molecule has 40 heavy (non-hydrogen) atoms. The van der Waals surface area contributed by atoms with Crippen molar-refractivity contribution in [3.8, 4) is 5.75 Å². The summed E-state index contributed by atoms with van der Waals surface area (Å²) in [5.74, 6) is 1.16. The standard InChI is InChI=1S/C20H33NO2S.C11H17O4P/c1-5-7-12-20(13-8-6-2)14-11-17-15-18(21(3)4)9-10-19(17)24(22,23)16-20;12-16(13,14)10-6-2-5-9-15-11-7-3-1-4-8-11/h9-10,15H,5-8,11-14,16H2,1-4H3;1,3-4,7-8H,2,5-6,9-10H2,(H2,12,13,14). The molecule has 0 unspecified atom stereocenters. The van der Waals surface area contributed by atoms with E-state index in [0.717, 1.165) is 81.2 Å². The van der Waals surface area contributed by atoms with Gasteiger partial charge in [-0.3, -0.25) is 4.57 Å². The Labute approximate surface area is 242 Å². The summed E-state index contributed by atoms with van der Waals surface area (Å²) in [6.45, 7) is 4.97. The minimum atomic E-state index is -3.81. The van der Waals surface area contributed by atoms with Gasteiger partial charge >= 0.3 is 7.60 Å². The second-order valence-corrected chi connectivity index (χ2v) is 15.0. The van der Waals surface area contributed by atoms with Crippen molar-refractivity contribution in [2.24, 2.45) is 5.41 Å². The van der Waals surface area contributed by atoms with E-state index in [1.165, 1.54) is 0 Å². The lowest BCUT2D eigenvalue weighted by Gasteiger charge is -2.32. The average molecular weight is 596 g/mol. The maximum Gasteiger partial charge on any atom is 0.325 e. The molecular weight excluding hydrogens is 545 g/mol. The number of unbranched alkanes of at least 4 members (excludes halogenated alkanes) is 4. The molecule has 0 atom stereocenters. The first-order valence-electron chi connectivity index (χ1n) is 14.7. The summed E-state index contributed by atoms with van der Waals surface area (Å²) in [6, 6.07) is 15.3. The van der Waals surface area contributed by atoms with Gasteiger partial charge < -0.3 is 19.4 Å². The van der Waals surface area contributed by atoms with Crippen molar-refractivity contribution in [3.05, 3.63) is 54.1 Å². The fourth-order valence-electron chi connectivity index (χ4n) is 5.22. The molecule has 1 heterocycles. The van der Waals surface area contributed by atoms with Crippen LogP contribution in [0.3, 0.4) is 0 Å². The van der Waals surface area contributed by atoms with Crippen molar-refractivity contribution < 1.29 is 27.5 Å². The largest absolute Gasteiger partial charge is 0.494 e. The van der Waals surface area contributed by atoms with Crippen LogP contribution in [0, 0.1) is 5.41 Å². The van der Waals surface area contributed by atoms with Crippen molar-refractivity contribution in [2.45, 2.75) is 89.4 Å². The van der Waals surface area contributed by atoms with Gasteiger partial charge in [0, 0.05) is 25.9 Å². The van der Waals surface area contributed by atoms with Crippen molar-refractivity contribution in [2.75, 3.05) is 37.5 Å². The fraction of sp³-hybridized carbons (Fsp3) is 0.613. The Hall–Kier alpha value is -1.86. The van der Waals surface area contributed by atoms with Crippen LogP contribution < -0.4 is 9.64 Å². The van der Waals surface area contributed by atoms with Crippen LogP contribution in [0.5, 0.6) is 5.75 Å². The van der Waals surface area contributed by atoms with E-state index in [4.69, 9.17) is 14.5 Å². The number of aryl methyl sites for hydroxylation is 1. The number of nitrogens with zero attached hydrogens (tertiary/aromatic N) is 1. The second-order valence-electron chi connectivity index (χ2n) is 11.3. The number of rotatable bonds is 14. The van der Waals surface area contributed by atoms with Crippen molar-refractivity contribution in [1.82, 2.24) is 0 Å². The minimum Gasteiger partial charge on any atom is -0.494 e. The molecule has 226 valence electrons. The third kappa shape index (κ3) is 11.9. The lowest BCUT2D eigenvalue weighted by Crippen LogP contribution is -2.29. The predicted molar refractivity (Wildman–Crippen MR) is 165 cm³/mol. The van der Waals surface area contributed by atoms with Crippen LogP contribution in [0.15, 0.2) is 53.4 Å². The molecular formula is C31H50NO6PS. The number of fused-ring (bicyclic) bond motifs is 1. The van der Waals surface area contributed by atoms with E-state index >= 15 is 0 Å². The monoisotopic (exact) mass is 595 g/mol. The molecule has 0 saturated carbocycles. The maximum absolute atomic E-state index is 13.1. The van der Waals surface area contributed by atoms with E-state index in [1.54, 1.807) is 0 Å². The molecule has 0 saturated heterocycles. The minimum absolute atomic E-state index is 0.0294. The van der Waals surface area contributed by atoms with Crippen LogP contribution in [-0.4, -0.2) is 50.8 Å². The lowest BCUT2D eigenvalue weighted by molar-refractivity contribution is 0.241. The first-order chi connectivity index (χ1) is 18.9. The van der Waals surface area contributed by atoms with Crippen LogP contribution in [0.1, 0.15) is 83.6 Å². The number of hydrogen-bond acceptors (Lipinski definition) is 5. The zero-order valence-electron chi connectivity index (χ0n) is 24.8. The Bertz CT molecular complexity index is 1160. The van der Waals surface area contributed by atoms with Gasteiger partial charge in [-0.25, -0.2) is 8.42 Å². The summed E-state index contributed by atoms with van der Waals surface area (Å²) in [5.41, 5.74) is 2.05. The first-order valence-corrected chi connectivity index (χ1v) is 18.1. The van der Waals surface area contributed by atoms with Crippen LogP contribution in [0.4, 0.5) is 5.69 Å². The predicted octanol–water partition coefficient (Wildman–Crippen LogP) is 7.25. The first kappa shape index (κ1) is 34.3. The maximum atomic E-state index is 13.1. The summed E-state index contributed by atoms with van der Waals surface area (Å²) >= 11 is 0. The molecule has 1 aliphatic heterocycles. The number of sulfone groups is 1. The highest BCUT2D eigenvalue weighted by atomic mass is 32.2. The van der Waals surface area contributed by atoms with Crippen LogP contribution in [0.2, 0.25) is 0 Å². The zero-order chi connectivity index (χ0) is 29.7. The molecule has 0 fully saturated rings. The van der Waals surface area contributed by atoms with Gasteiger partial charge in [-0.2, -0.15) is 0 Å². The van der Waals surface area contributed by atoms with E-state index in [9.17, 15) is 13.0 Å². The summed E-state index contributed by atoms with van der Waals surface area (Å²) in [6.07, 6.45) is 10.6. The summed E-state index contributed by atoms with van der Waals surface area (Å²) in [5, 5.41) is 0. The molecule has 3 rings (SSSR count). The van der Waals surface area contributed by atoms with Gasteiger partial charge in [0.25, 0.3) is 0 Å². The summed E-state index contributed by atoms with van der Waals surface area (Å²) in [7, 11) is -3.02. The third-order valence-corrected chi connectivity index (χ3v) is 10.5. The van der Waals surface area contributed by atoms with Crippen molar-refractivity contribution in [1.29, 1.82) is 0 Å². The van der Waals surface area contributed by atoms with Crippen LogP contribution in [-0.2, 0) is 20.8 Å². The fourth-order valence-corrected chi connectivity index (χ4v) is 8.09. The molecule has 2 N–H and O–H groups in total. The highest BCUT2D eigenvalue weighted by molar-refractivity contribution is 7.91. The van der Waals surface area contributed by atoms with E-state index in [2.05, 4.69) is 19.9 Å². The number of anilines is 1. The highest BCUT2D eigenvalue weighted by Gasteiger charge is 2.38. The third-order valence-electron chi connectivity index (χ3n) is 7.54. The zero-order valence-corrected chi connectivity index (χ0v) is 26.6. The van der Waals surface area contributed by atoms with E-state index in [-0.39, 0.29) is 11.6 Å². The smallest absolute Gasteiger partial charge is 0.325 e. The number of ether oxygens (including phenoxy) is 1. The quantitative estimate of drug-likeness (QED) is 0.175.